The van der Waals surface area contributed by atoms with Gasteiger partial charge in [-0.15, -0.1) is 0 Å². The van der Waals surface area contributed by atoms with Crippen molar-refractivity contribution in [2.75, 3.05) is 0 Å². The Morgan fingerprint density at radius 3 is 1.40 bits per heavy atom. The molecule has 2 amide bonds. The van der Waals surface area contributed by atoms with Crippen LogP contribution in [0.2, 0.25) is 10.0 Å². The van der Waals surface area contributed by atoms with Gasteiger partial charge in [0.2, 0.25) is 11.8 Å². The Morgan fingerprint density at radius 1 is 0.760 bits per heavy atom. The minimum Gasteiger partial charge on any atom is -0.351 e. The molecule has 0 aromatic heterocycles. The van der Waals surface area contributed by atoms with Gasteiger partial charge in [-0.1, -0.05) is 47.5 Å². The average Bonchev–Trinajstić information content (AvgIpc) is 2.60. The summed E-state index contributed by atoms with van der Waals surface area (Å²) in [6.07, 6.45) is 0. The van der Waals surface area contributed by atoms with Gasteiger partial charge in [0.1, 0.15) is 5.41 Å². The number of hydrogen-bond acceptors (Lipinski definition) is 2. The van der Waals surface area contributed by atoms with E-state index >= 15 is 0 Å². The second-order valence-corrected chi connectivity index (χ2v) is 7.12. The molecule has 0 fully saturated rings. The van der Waals surface area contributed by atoms with Crippen LogP contribution in [0.15, 0.2) is 48.5 Å². The molecule has 0 saturated heterocycles. The van der Waals surface area contributed by atoms with Crippen LogP contribution in [0, 0.1) is 5.41 Å². The van der Waals surface area contributed by atoms with Crippen molar-refractivity contribution in [3.05, 3.63) is 69.7 Å². The van der Waals surface area contributed by atoms with Crippen molar-refractivity contribution in [1.29, 1.82) is 0 Å². The van der Waals surface area contributed by atoms with Gasteiger partial charge in [-0.2, -0.15) is 0 Å². The lowest BCUT2D eigenvalue weighted by atomic mass is 9.91. The maximum Gasteiger partial charge on any atom is 0.235 e. The maximum atomic E-state index is 12.4. The molecule has 0 aliphatic rings. The van der Waals surface area contributed by atoms with E-state index in [1.807, 2.05) is 24.3 Å². The summed E-state index contributed by atoms with van der Waals surface area (Å²) in [7, 11) is 0. The lowest BCUT2D eigenvalue weighted by molar-refractivity contribution is -0.141. The van der Waals surface area contributed by atoms with Gasteiger partial charge >= 0.3 is 0 Å². The number of benzene rings is 2. The Hall–Kier alpha value is -2.04. The smallest absolute Gasteiger partial charge is 0.235 e. The zero-order chi connectivity index (χ0) is 18.4. The molecule has 0 bridgehead atoms. The van der Waals surface area contributed by atoms with Gasteiger partial charge in [0.15, 0.2) is 0 Å². The first-order valence-electron chi connectivity index (χ1n) is 7.84. The highest BCUT2D eigenvalue weighted by Gasteiger charge is 2.35. The molecule has 0 aliphatic carbocycles. The van der Waals surface area contributed by atoms with Gasteiger partial charge in [0.05, 0.1) is 0 Å². The van der Waals surface area contributed by atoms with Gasteiger partial charge in [-0.25, -0.2) is 0 Å². The molecule has 2 N–H and O–H groups in total. The molecule has 132 valence electrons. The summed E-state index contributed by atoms with van der Waals surface area (Å²) < 4.78 is 0. The van der Waals surface area contributed by atoms with Crippen molar-refractivity contribution in [2.24, 2.45) is 5.41 Å². The van der Waals surface area contributed by atoms with E-state index in [0.717, 1.165) is 11.1 Å². The van der Waals surface area contributed by atoms with Crippen LogP contribution in [0.25, 0.3) is 0 Å². The summed E-state index contributed by atoms with van der Waals surface area (Å²) in [5.41, 5.74) is 0.643. The van der Waals surface area contributed by atoms with Crippen molar-refractivity contribution >= 4 is 35.0 Å². The number of amides is 2. The Morgan fingerprint density at radius 2 is 1.08 bits per heavy atom. The van der Waals surface area contributed by atoms with E-state index in [2.05, 4.69) is 10.6 Å². The van der Waals surface area contributed by atoms with E-state index in [-0.39, 0.29) is 11.8 Å². The van der Waals surface area contributed by atoms with Crippen LogP contribution in [0.4, 0.5) is 0 Å². The third kappa shape index (κ3) is 5.48. The third-order valence-electron chi connectivity index (χ3n) is 3.87. The molecule has 2 aromatic carbocycles. The van der Waals surface area contributed by atoms with E-state index in [0.29, 0.717) is 23.1 Å². The lowest BCUT2D eigenvalue weighted by Gasteiger charge is -2.23. The zero-order valence-corrected chi connectivity index (χ0v) is 15.6. The number of carbonyl (C=O) groups excluding carboxylic acids is 2. The van der Waals surface area contributed by atoms with Crippen LogP contribution in [-0.4, -0.2) is 11.8 Å². The van der Waals surface area contributed by atoms with E-state index in [1.54, 1.807) is 38.1 Å². The lowest BCUT2D eigenvalue weighted by Crippen LogP contribution is -2.47. The largest absolute Gasteiger partial charge is 0.351 e. The first kappa shape index (κ1) is 19.3. The van der Waals surface area contributed by atoms with Gasteiger partial charge in [0, 0.05) is 23.1 Å². The number of halogens is 2. The number of rotatable bonds is 6. The minimum absolute atomic E-state index is 0.337. The minimum atomic E-state index is -1.18. The Balaban J connectivity index is 1.89. The first-order chi connectivity index (χ1) is 11.8. The van der Waals surface area contributed by atoms with Gasteiger partial charge in [0.25, 0.3) is 0 Å². The topological polar surface area (TPSA) is 58.2 Å². The Labute approximate surface area is 157 Å². The van der Waals surface area contributed by atoms with Gasteiger partial charge in [-0.3, -0.25) is 9.59 Å². The molecule has 0 radical (unpaired) electrons. The second-order valence-electron chi connectivity index (χ2n) is 6.24. The normalized spacial score (nSPS) is 11.0. The van der Waals surface area contributed by atoms with Crippen molar-refractivity contribution in [3.8, 4) is 0 Å². The molecular weight excluding hydrogens is 359 g/mol. The van der Waals surface area contributed by atoms with Crippen molar-refractivity contribution < 1.29 is 9.59 Å². The van der Waals surface area contributed by atoms with E-state index in [9.17, 15) is 9.59 Å². The van der Waals surface area contributed by atoms with Crippen LogP contribution < -0.4 is 10.6 Å². The molecule has 0 heterocycles. The fourth-order valence-corrected chi connectivity index (χ4v) is 2.37. The molecular formula is C19H20Cl2N2O2. The molecule has 2 aromatic rings. The SMILES string of the molecule is CC(C)(C(=O)NCc1ccc(Cl)cc1)C(=O)NCc1ccc(Cl)cc1. The number of nitrogens with one attached hydrogen (secondary N) is 2. The van der Waals surface area contributed by atoms with Crippen LogP contribution in [-0.2, 0) is 22.7 Å². The molecule has 4 nitrogen and oxygen atoms in total. The quantitative estimate of drug-likeness (QED) is 0.747. The fraction of sp³-hybridized carbons (Fsp3) is 0.263. The molecule has 0 atom stereocenters. The second kappa shape index (κ2) is 8.37. The van der Waals surface area contributed by atoms with Crippen LogP contribution in [0.3, 0.4) is 0 Å². The summed E-state index contributed by atoms with van der Waals surface area (Å²) in [6.45, 7) is 3.87. The standard InChI is InChI=1S/C19H20Cl2N2O2/c1-19(2,17(24)22-11-13-3-7-15(20)8-4-13)18(25)23-12-14-5-9-16(21)10-6-14/h3-10H,11-12H2,1-2H3,(H,22,24)(H,23,25). The highest BCUT2D eigenvalue weighted by molar-refractivity contribution is 6.30. The van der Waals surface area contributed by atoms with Crippen molar-refractivity contribution in [2.45, 2.75) is 26.9 Å². The molecule has 0 saturated carbocycles. The molecule has 2 rings (SSSR count). The van der Waals surface area contributed by atoms with E-state index in [1.165, 1.54) is 0 Å². The number of hydrogen-bond donors (Lipinski definition) is 2. The van der Waals surface area contributed by atoms with E-state index in [4.69, 9.17) is 23.2 Å². The highest BCUT2D eigenvalue weighted by Crippen LogP contribution is 2.17. The highest BCUT2D eigenvalue weighted by atomic mass is 35.5. The summed E-state index contributed by atoms with van der Waals surface area (Å²) in [5, 5.41) is 6.84. The Bertz CT molecular complexity index is 678. The molecule has 0 aliphatic heterocycles. The van der Waals surface area contributed by atoms with Crippen molar-refractivity contribution in [3.63, 3.8) is 0 Å². The molecule has 6 heteroatoms. The predicted molar refractivity (Wildman–Crippen MR) is 100 cm³/mol. The van der Waals surface area contributed by atoms with Gasteiger partial charge < -0.3 is 10.6 Å². The summed E-state index contributed by atoms with van der Waals surface area (Å²) in [4.78, 5) is 24.8. The summed E-state index contributed by atoms with van der Waals surface area (Å²) >= 11 is 11.7. The van der Waals surface area contributed by atoms with Crippen LogP contribution in [0.5, 0.6) is 0 Å². The van der Waals surface area contributed by atoms with Gasteiger partial charge in [-0.05, 0) is 49.2 Å². The predicted octanol–water partition coefficient (Wildman–Crippen LogP) is 3.95. The maximum absolute atomic E-state index is 12.4. The molecule has 0 spiro atoms. The first-order valence-corrected chi connectivity index (χ1v) is 8.60. The van der Waals surface area contributed by atoms with Crippen LogP contribution in [0.1, 0.15) is 25.0 Å². The third-order valence-corrected chi connectivity index (χ3v) is 4.37. The molecule has 25 heavy (non-hydrogen) atoms. The number of carbonyl (C=O) groups is 2. The molecule has 0 unspecified atom stereocenters. The van der Waals surface area contributed by atoms with E-state index < -0.39 is 5.41 Å². The van der Waals surface area contributed by atoms with Crippen LogP contribution >= 0.6 is 23.2 Å². The summed E-state index contributed by atoms with van der Waals surface area (Å²) in [5.74, 6) is -0.674. The van der Waals surface area contributed by atoms with Crippen molar-refractivity contribution in [1.82, 2.24) is 10.6 Å². The Kier molecular flexibility index (Phi) is 6.45. The summed E-state index contributed by atoms with van der Waals surface area (Å²) in [6, 6.07) is 14.3. The fourth-order valence-electron chi connectivity index (χ4n) is 2.11. The monoisotopic (exact) mass is 378 g/mol. The zero-order valence-electron chi connectivity index (χ0n) is 14.1. The average molecular weight is 379 g/mol.